The van der Waals surface area contributed by atoms with Crippen LogP contribution >= 0.6 is 34.3 Å². The SMILES string of the molecule is Nc1ncnc2sc(CN3CC[C@H](NS(=O)(=O)c4cc5cc(Cl)ccc5s4)C3=O)cc12. The van der Waals surface area contributed by atoms with Crippen molar-refractivity contribution in [3.05, 3.63) is 46.6 Å². The summed E-state index contributed by atoms with van der Waals surface area (Å²) in [5, 5.41) is 2.05. The molecule has 0 aliphatic carbocycles. The largest absolute Gasteiger partial charge is 0.383 e. The van der Waals surface area contributed by atoms with Crippen molar-refractivity contribution in [1.82, 2.24) is 19.6 Å². The third kappa shape index (κ3) is 3.87. The fourth-order valence-electron chi connectivity index (χ4n) is 3.56. The van der Waals surface area contributed by atoms with Gasteiger partial charge in [-0.1, -0.05) is 11.6 Å². The molecule has 0 saturated carbocycles. The highest BCUT2D eigenvalue weighted by Crippen LogP contribution is 2.32. The summed E-state index contributed by atoms with van der Waals surface area (Å²) in [6.07, 6.45) is 1.81. The van der Waals surface area contributed by atoms with Crippen molar-refractivity contribution in [3.8, 4) is 0 Å². The molecule has 8 nitrogen and oxygen atoms in total. The van der Waals surface area contributed by atoms with Crippen LogP contribution in [-0.4, -0.2) is 41.8 Å². The first-order valence-electron chi connectivity index (χ1n) is 9.29. The zero-order valence-corrected chi connectivity index (χ0v) is 19.1. The maximum Gasteiger partial charge on any atom is 0.250 e. The summed E-state index contributed by atoms with van der Waals surface area (Å²) in [5.74, 6) is 0.153. The Labute approximate surface area is 190 Å². The lowest BCUT2D eigenvalue weighted by atomic mass is 10.3. The van der Waals surface area contributed by atoms with Gasteiger partial charge in [0.1, 0.15) is 27.2 Å². The fraction of sp³-hybridized carbons (Fsp3) is 0.211. The third-order valence-electron chi connectivity index (χ3n) is 5.07. The monoisotopic (exact) mass is 493 g/mol. The zero-order chi connectivity index (χ0) is 21.8. The van der Waals surface area contributed by atoms with Gasteiger partial charge < -0.3 is 10.6 Å². The van der Waals surface area contributed by atoms with Crippen LogP contribution in [0.5, 0.6) is 0 Å². The summed E-state index contributed by atoms with van der Waals surface area (Å²) in [4.78, 5) is 24.4. The summed E-state index contributed by atoms with van der Waals surface area (Å²) in [7, 11) is -3.83. The first-order valence-corrected chi connectivity index (χ1v) is 12.8. The number of sulfonamides is 1. The number of fused-ring (bicyclic) bond motifs is 2. The van der Waals surface area contributed by atoms with Crippen LogP contribution in [-0.2, 0) is 21.4 Å². The van der Waals surface area contributed by atoms with E-state index in [-0.39, 0.29) is 10.1 Å². The van der Waals surface area contributed by atoms with Crippen LogP contribution in [0.25, 0.3) is 20.3 Å². The Kier molecular flexibility index (Phi) is 5.10. The highest BCUT2D eigenvalue weighted by molar-refractivity contribution is 7.91. The van der Waals surface area contributed by atoms with E-state index >= 15 is 0 Å². The van der Waals surface area contributed by atoms with Gasteiger partial charge in [-0.25, -0.2) is 18.4 Å². The lowest BCUT2D eigenvalue weighted by Gasteiger charge is -2.16. The standard InChI is InChI=1S/C19H16ClN5O3S3/c20-11-1-2-15-10(5-11)6-16(30-15)31(27,28)24-14-3-4-25(19(14)26)8-12-7-13-17(21)22-9-23-18(13)29-12/h1-2,5-7,9,14,24H,3-4,8H2,(H2,21,22,23)/t14-/m0/s1. The number of thiophene rings is 2. The number of amides is 1. The number of hydrogen-bond acceptors (Lipinski definition) is 8. The molecular weight excluding hydrogens is 478 g/mol. The zero-order valence-electron chi connectivity index (χ0n) is 15.9. The van der Waals surface area contributed by atoms with E-state index in [0.717, 1.165) is 36.5 Å². The summed E-state index contributed by atoms with van der Waals surface area (Å²) in [6.45, 7) is 0.836. The topological polar surface area (TPSA) is 118 Å². The molecule has 31 heavy (non-hydrogen) atoms. The Morgan fingerprint density at radius 2 is 2.06 bits per heavy atom. The number of nitrogen functional groups attached to an aromatic ring is 1. The van der Waals surface area contributed by atoms with Gasteiger partial charge in [-0.05, 0) is 42.1 Å². The van der Waals surface area contributed by atoms with E-state index in [1.165, 1.54) is 17.7 Å². The van der Waals surface area contributed by atoms with E-state index in [2.05, 4.69) is 14.7 Å². The Hall–Kier alpha value is -2.31. The molecule has 0 spiro atoms. The second-order valence-electron chi connectivity index (χ2n) is 7.16. The number of halogens is 1. The molecule has 5 rings (SSSR count). The quantitative estimate of drug-likeness (QED) is 0.440. The minimum absolute atomic E-state index is 0.162. The highest BCUT2D eigenvalue weighted by atomic mass is 35.5. The van der Waals surface area contributed by atoms with Crippen LogP contribution < -0.4 is 10.5 Å². The molecule has 1 aliphatic heterocycles. The third-order valence-corrected chi connectivity index (χ3v) is 9.40. The molecule has 4 heterocycles. The molecule has 3 aromatic heterocycles. The summed E-state index contributed by atoms with van der Waals surface area (Å²) >= 11 is 8.58. The minimum Gasteiger partial charge on any atom is -0.383 e. The Morgan fingerprint density at radius 3 is 2.87 bits per heavy atom. The molecular formula is C19H16ClN5O3S3. The molecule has 1 amide bonds. The number of benzene rings is 1. The molecule has 1 fully saturated rings. The number of carbonyl (C=O) groups is 1. The van der Waals surface area contributed by atoms with Gasteiger partial charge in [-0.15, -0.1) is 22.7 Å². The summed E-state index contributed by atoms with van der Waals surface area (Å²) in [6, 6.07) is 7.88. The van der Waals surface area contributed by atoms with Gasteiger partial charge in [0.2, 0.25) is 5.91 Å². The first kappa shape index (κ1) is 20.6. The molecule has 12 heteroatoms. The number of nitrogens with one attached hydrogen (secondary N) is 1. The molecule has 1 atom stereocenters. The van der Waals surface area contributed by atoms with Crippen LogP contribution in [0, 0.1) is 0 Å². The van der Waals surface area contributed by atoms with Gasteiger partial charge in [0, 0.05) is 21.1 Å². The molecule has 160 valence electrons. The van der Waals surface area contributed by atoms with Gasteiger partial charge in [0.15, 0.2) is 0 Å². The maximum atomic E-state index is 12.9. The van der Waals surface area contributed by atoms with Crippen molar-refractivity contribution in [2.45, 2.75) is 23.2 Å². The lowest BCUT2D eigenvalue weighted by Crippen LogP contribution is -2.40. The normalized spacial score (nSPS) is 17.3. The molecule has 4 aromatic rings. The number of likely N-dealkylation sites (tertiary alicyclic amines) is 1. The summed E-state index contributed by atoms with van der Waals surface area (Å²) < 4.78 is 29.3. The number of nitrogens with zero attached hydrogens (tertiary/aromatic N) is 3. The maximum absolute atomic E-state index is 12.9. The summed E-state index contributed by atoms with van der Waals surface area (Å²) in [5.41, 5.74) is 5.88. The van der Waals surface area contributed by atoms with Crippen molar-refractivity contribution in [2.75, 3.05) is 12.3 Å². The fourth-order valence-corrected chi connectivity index (χ4v) is 7.38. The van der Waals surface area contributed by atoms with Crippen molar-refractivity contribution < 1.29 is 13.2 Å². The van der Waals surface area contributed by atoms with Gasteiger partial charge in [0.25, 0.3) is 10.0 Å². The number of nitrogens with two attached hydrogens (primary N) is 1. The first-order chi connectivity index (χ1) is 14.8. The van der Waals surface area contributed by atoms with E-state index in [4.69, 9.17) is 17.3 Å². The lowest BCUT2D eigenvalue weighted by molar-refractivity contribution is -0.129. The van der Waals surface area contributed by atoms with E-state index < -0.39 is 16.1 Å². The second kappa shape index (κ2) is 7.68. The predicted octanol–water partition coefficient (Wildman–Crippen LogP) is 3.22. The van der Waals surface area contributed by atoms with Crippen LogP contribution in [0.2, 0.25) is 5.02 Å². The van der Waals surface area contributed by atoms with E-state index in [1.807, 2.05) is 6.07 Å². The van der Waals surface area contributed by atoms with Crippen LogP contribution in [0.15, 0.2) is 40.9 Å². The smallest absolute Gasteiger partial charge is 0.250 e. The molecule has 1 aliphatic rings. The van der Waals surface area contributed by atoms with Gasteiger partial charge in [-0.2, -0.15) is 4.72 Å². The Bertz CT molecular complexity index is 1430. The molecule has 0 unspecified atom stereocenters. The number of rotatable bonds is 5. The van der Waals surface area contributed by atoms with E-state index in [0.29, 0.717) is 30.4 Å². The highest BCUT2D eigenvalue weighted by Gasteiger charge is 2.35. The van der Waals surface area contributed by atoms with Crippen molar-refractivity contribution in [2.24, 2.45) is 0 Å². The Balaban J connectivity index is 1.32. The van der Waals surface area contributed by atoms with Crippen molar-refractivity contribution in [1.29, 1.82) is 0 Å². The predicted molar refractivity (Wildman–Crippen MR) is 123 cm³/mol. The van der Waals surface area contributed by atoms with Crippen molar-refractivity contribution in [3.63, 3.8) is 0 Å². The van der Waals surface area contributed by atoms with E-state index in [9.17, 15) is 13.2 Å². The molecule has 0 bridgehead atoms. The number of aromatic nitrogens is 2. The van der Waals surface area contributed by atoms with Gasteiger partial charge in [0.05, 0.1) is 11.9 Å². The Morgan fingerprint density at radius 1 is 1.23 bits per heavy atom. The van der Waals surface area contributed by atoms with E-state index in [1.54, 1.807) is 29.2 Å². The number of carbonyl (C=O) groups excluding carboxylic acids is 1. The molecule has 3 N–H and O–H groups in total. The van der Waals surface area contributed by atoms with Gasteiger partial charge in [-0.3, -0.25) is 4.79 Å². The average Bonchev–Trinajstić information content (AvgIpc) is 3.41. The molecule has 1 aromatic carbocycles. The second-order valence-corrected chi connectivity index (χ2v) is 11.7. The number of anilines is 1. The van der Waals surface area contributed by atoms with Gasteiger partial charge >= 0.3 is 0 Å². The number of hydrogen-bond donors (Lipinski definition) is 2. The van der Waals surface area contributed by atoms with Crippen LogP contribution in [0.1, 0.15) is 11.3 Å². The average molecular weight is 494 g/mol. The van der Waals surface area contributed by atoms with Crippen LogP contribution in [0.4, 0.5) is 5.82 Å². The minimum atomic E-state index is -3.83. The van der Waals surface area contributed by atoms with Crippen LogP contribution in [0.3, 0.4) is 0 Å². The molecule has 1 saturated heterocycles. The molecule has 0 radical (unpaired) electrons. The van der Waals surface area contributed by atoms with Crippen molar-refractivity contribution >= 4 is 76.3 Å².